The van der Waals surface area contributed by atoms with Crippen LogP contribution >= 0.6 is 0 Å². The van der Waals surface area contributed by atoms with Crippen molar-refractivity contribution in [3.05, 3.63) is 0 Å². The van der Waals surface area contributed by atoms with E-state index in [2.05, 4.69) is 5.32 Å². The van der Waals surface area contributed by atoms with Crippen molar-refractivity contribution >= 4 is 0 Å². The quantitative estimate of drug-likeness (QED) is 0.573. The molecule has 1 saturated heterocycles. The molecular weight excluding hydrogens is 206 g/mol. The van der Waals surface area contributed by atoms with E-state index in [0.717, 1.165) is 26.3 Å². The first-order chi connectivity index (χ1) is 7.93. The number of methoxy groups -OCH3 is 1. The Morgan fingerprint density at radius 3 is 2.94 bits per heavy atom. The predicted molar refractivity (Wildman–Crippen MR) is 63.8 cm³/mol. The van der Waals surface area contributed by atoms with Crippen molar-refractivity contribution in [1.29, 1.82) is 0 Å². The summed E-state index contributed by atoms with van der Waals surface area (Å²) < 4.78 is 15.8. The second-order valence-electron chi connectivity index (χ2n) is 4.13. The van der Waals surface area contributed by atoms with Crippen molar-refractivity contribution in [2.45, 2.75) is 31.8 Å². The topological polar surface area (TPSA) is 39.7 Å². The average Bonchev–Trinajstić information content (AvgIpc) is 2.80. The van der Waals surface area contributed by atoms with Gasteiger partial charge in [-0.3, -0.25) is 0 Å². The molecule has 1 N–H and O–H groups in total. The van der Waals surface area contributed by atoms with Gasteiger partial charge in [-0.15, -0.1) is 0 Å². The second kappa shape index (κ2) is 10.0. The van der Waals surface area contributed by atoms with Gasteiger partial charge in [-0.25, -0.2) is 0 Å². The molecule has 1 fully saturated rings. The maximum absolute atomic E-state index is 5.56. The molecule has 1 aliphatic rings. The summed E-state index contributed by atoms with van der Waals surface area (Å²) in [7, 11) is 1.69. The largest absolute Gasteiger partial charge is 0.382 e. The zero-order valence-corrected chi connectivity index (χ0v) is 10.4. The van der Waals surface area contributed by atoms with Crippen LogP contribution in [0, 0.1) is 0 Å². The first-order valence-corrected chi connectivity index (χ1v) is 6.32. The molecule has 0 aromatic heterocycles. The van der Waals surface area contributed by atoms with E-state index in [4.69, 9.17) is 14.2 Å². The Balaban J connectivity index is 1.71. The van der Waals surface area contributed by atoms with Crippen molar-refractivity contribution in [2.75, 3.05) is 46.6 Å². The third-order valence-electron chi connectivity index (χ3n) is 2.76. The molecule has 0 aromatic carbocycles. The van der Waals surface area contributed by atoms with Crippen LogP contribution in [0.15, 0.2) is 0 Å². The van der Waals surface area contributed by atoms with E-state index in [1.165, 1.54) is 25.7 Å². The molecule has 16 heavy (non-hydrogen) atoms. The highest BCUT2D eigenvalue weighted by atomic mass is 16.5. The summed E-state index contributed by atoms with van der Waals surface area (Å²) in [6.45, 7) is 5.09. The zero-order chi connectivity index (χ0) is 11.5. The summed E-state index contributed by atoms with van der Waals surface area (Å²) in [6, 6.07) is 0. The molecule has 1 aliphatic heterocycles. The SMILES string of the molecule is COCCOCCNCCCC1CCCO1. The van der Waals surface area contributed by atoms with Crippen molar-refractivity contribution < 1.29 is 14.2 Å². The van der Waals surface area contributed by atoms with Crippen LogP contribution in [0.4, 0.5) is 0 Å². The van der Waals surface area contributed by atoms with Crippen LogP contribution in [0.2, 0.25) is 0 Å². The molecule has 0 saturated carbocycles. The smallest absolute Gasteiger partial charge is 0.0700 e. The van der Waals surface area contributed by atoms with Crippen molar-refractivity contribution in [3.8, 4) is 0 Å². The maximum Gasteiger partial charge on any atom is 0.0700 e. The van der Waals surface area contributed by atoms with Gasteiger partial charge in [0, 0.05) is 20.3 Å². The third-order valence-corrected chi connectivity index (χ3v) is 2.76. The third kappa shape index (κ3) is 7.17. The zero-order valence-electron chi connectivity index (χ0n) is 10.4. The fourth-order valence-electron chi connectivity index (χ4n) is 1.84. The summed E-state index contributed by atoms with van der Waals surface area (Å²) in [5.74, 6) is 0. The minimum atomic E-state index is 0.528. The molecule has 0 amide bonds. The van der Waals surface area contributed by atoms with Gasteiger partial charge < -0.3 is 19.5 Å². The van der Waals surface area contributed by atoms with E-state index < -0.39 is 0 Å². The highest BCUT2D eigenvalue weighted by Crippen LogP contribution is 2.16. The molecule has 1 rings (SSSR count). The normalized spacial score (nSPS) is 20.4. The predicted octanol–water partition coefficient (Wildman–Crippen LogP) is 1.20. The molecule has 4 nitrogen and oxygen atoms in total. The Kier molecular flexibility index (Phi) is 8.71. The molecule has 1 atom stereocenters. The maximum atomic E-state index is 5.56. The van der Waals surface area contributed by atoms with E-state index in [1.54, 1.807) is 7.11 Å². The van der Waals surface area contributed by atoms with E-state index in [0.29, 0.717) is 19.3 Å². The minimum absolute atomic E-state index is 0.528. The van der Waals surface area contributed by atoms with Gasteiger partial charge in [0.2, 0.25) is 0 Å². The molecule has 1 heterocycles. The minimum Gasteiger partial charge on any atom is -0.382 e. The standard InChI is InChI=1S/C12H25NO3/c1-14-10-11-15-9-7-13-6-2-4-12-5-3-8-16-12/h12-13H,2-11H2,1H3. The number of rotatable bonds is 10. The van der Waals surface area contributed by atoms with Crippen LogP contribution in [0.3, 0.4) is 0 Å². The Labute approximate surface area is 98.6 Å². The fraction of sp³-hybridized carbons (Fsp3) is 1.00. The molecule has 0 aromatic rings. The van der Waals surface area contributed by atoms with Gasteiger partial charge in [0.1, 0.15) is 0 Å². The molecule has 4 heteroatoms. The molecule has 0 bridgehead atoms. The van der Waals surface area contributed by atoms with Crippen molar-refractivity contribution in [1.82, 2.24) is 5.32 Å². The molecule has 1 unspecified atom stereocenters. The van der Waals surface area contributed by atoms with Crippen LogP contribution in [-0.4, -0.2) is 52.7 Å². The number of nitrogens with one attached hydrogen (secondary N) is 1. The van der Waals surface area contributed by atoms with Crippen molar-refractivity contribution in [3.63, 3.8) is 0 Å². The van der Waals surface area contributed by atoms with Crippen LogP contribution in [-0.2, 0) is 14.2 Å². The molecule has 0 radical (unpaired) electrons. The first kappa shape index (κ1) is 13.9. The van der Waals surface area contributed by atoms with Gasteiger partial charge in [0.15, 0.2) is 0 Å². The monoisotopic (exact) mass is 231 g/mol. The van der Waals surface area contributed by atoms with Crippen LogP contribution in [0.5, 0.6) is 0 Å². The molecular formula is C12H25NO3. The number of ether oxygens (including phenoxy) is 3. The summed E-state index contributed by atoms with van der Waals surface area (Å²) in [5.41, 5.74) is 0. The Bertz CT molecular complexity index is 149. The summed E-state index contributed by atoms with van der Waals surface area (Å²) in [4.78, 5) is 0. The Morgan fingerprint density at radius 1 is 1.25 bits per heavy atom. The second-order valence-corrected chi connectivity index (χ2v) is 4.13. The van der Waals surface area contributed by atoms with Gasteiger partial charge in [0.05, 0.1) is 25.9 Å². The molecule has 96 valence electrons. The van der Waals surface area contributed by atoms with E-state index in [-0.39, 0.29) is 0 Å². The van der Waals surface area contributed by atoms with Gasteiger partial charge in [-0.05, 0) is 32.2 Å². The van der Waals surface area contributed by atoms with Crippen molar-refractivity contribution in [2.24, 2.45) is 0 Å². The summed E-state index contributed by atoms with van der Waals surface area (Å²) in [6.07, 6.45) is 5.41. The molecule has 0 aliphatic carbocycles. The van der Waals surface area contributed by atoms with Gasteiger partial charge in [-0.2, -0.15) is 0 Å². The lowest BCUT2D eigenvalue weighted by Gasteiger charge is -2.09. The summed E-state index contributed by atoms with van der Waals surface area (Å²) >= 11 is 0. The highest BCUT2D eigenvalue weighted by Gasteiger charge is 2.13. The number of hydrogen-bond donors (Lipinski definition) is 1. The van der Waals surface area contributed by atoms with Gasteiger partial charge >= 0.3 is 0 Å². The first-order valence-electron chi connectivity index (χ1n) is 6.32. The van der Waals surface area contributed by atoms with Crippen LogP contribution in [0.1, 0.15) is 25.7 Å². The summed E-state index contributed by atoms with van der Waals surface area (Å²) in [5, 5.41) is 3.36. The lowest BCUT2D eigenvalue weighted by atomic mass is 10.1. The van der Waals surface area contributed by atoms with Crippen LogP contribution in [0.25, 0.3) is 0 Å². The fourth-order valence-corrected chi connectivity index (χ4v) is 1.84. The Hall–Kier alpha value is -0.160. The molecule has 0 spiro atoms. The van der Waals surface area contributed by atoms with Gasteiger partial charge in [-0.1, -0.05) is 0 Å². The number of hydrogen-bond acceptors (Lipinski definition) is 4. The van der Waals surface area contributed by atoms with Gasteiger partial charge in [0.25, 0.3) is 0 Å². The van der Waals surface area contributed by atoms with E-state index >= 15 is 0 Å². The van der Waals surface area contributed by atoms with E-state index in [9.17, 15) is 0 Å². The van der Waals surface area contributed by atoms with Crippen LogP contribution < -0.4 is 5.32 Å². The average molecular weight is 231 g/mol. The Morgan fingerprint density at radius 2 is 2.19 bits per heavy atom. The van der Waals surface area contributed by atoms with E-state index in [1.807, 2.05) is 0 Å². The lowest BCUT2D eigenvalue weighted by molar-refractivity contribution is 0.0716. The highest BCUT2D eigenvalue weighted by molar-refractivity contribution is 4.65. The lowest BCUT2D eigenvalue weighted by Crippen LogP contribution is -2.22.